The Kier molecular flexibility index (Phi) is 4.35. The van der Waals surface area contributed by atoms with E-state index in [0.717, 1.165) is 29.3 Å². The van der Waals surface area contributed by atoms with E-state index in [4.69, 9.17) is 9.47 Å². The highest BCUT2D eigenvalue weighted by molar-refractivity contribution is 6.12. The van der Waals surface area contributed by atoms with Crippen LogP contribution in [0.5, 0.6) is 0 Å². The summed E-state index contributed by atoms with van der Waals surface area (Å²) in [6, 6.07) is 0. The fourth-order valence-corrected chi connectivity index (χ4v) is 1.57. The largest absolute Gasteiger partial charge is 0.493 e. The minimum atomic E-state index is 0.722. The molecule has 3 nitrogen and oxygen atoms in total. The van der Waals surface area contributed by atoms with Gasteiger partial charge in [0.2, 0.25) is 0 Å². The molecule has 1 rings (SSSR count). The summed E-state index contributed by atoms with van der Waals surface area (Å²) in [6.45, 7) is 6.91. The maximum Gasteiger partial charge on any atom is 0.162 e. The molecule has 0 saturated carbocycles. The zero-order chi connectivity index (χ0) is 12.1. The highest BCUT2D eigenvalue weighted by Gasteiger charge is 2.17. The van der Waals surface area contributed by atoms with Gasteiger partial charge in [-0.1, -0.05) is 5.57 Å². The molecule has 0 atom stereocenters. The SMILES string of the molecule is CCN=C1C=C(OC)C(OC)=CC1=C(C)C. The normalized spacial score (nSPS) is 18.1. The minimum absolute atomic E-state index is 0.722. The van der Waals surface area contributed by atoms with Crippen molar-refractivity contribution in [3.8, 4) is 0 Å². The monoisotopic (exact) mass is 221 g/mol. The number of hydrogen-bond donors (Lipinski definition) is 0. The van der Waals surface area contributed by atoms with Gasteiger partial charge in [0.15, 0.2) is 11.5 Å². The van der Waals surface area contributed by atoms with Crippen molar-refractivity contribution in [2.24, 2.45) is 4.99 Å². The van der Waals surface area contributed by atoms with Crippen molar-refractivity contribution in [3.05, 3.63) is 34.8 Å². The maximum atomic E-state index is 5.28. The van der Waals surface area contributed by atoms with Gasteiger partial charge in [-0.3, -0.25) is 4.99 Å². The van der Waals surface area contributed by atoms with Gasteiger partial charge >= 0.3 is 0 Å². The maximum absolute atomic E-state index is 5.28. The Bertz CT molecular complexity index is 383. The zero-order valence-corrected chi connectivity index (χ0v) is 10.6. The average molecular weight is 221 g/mol. The molecule has 0 bridgehead atoms. The summed E-state index contributed by atoms with van der Waals surface area (Å²) in [6.07, 6.45) is 3.90. The molecule has 0 aromatic rings. The Labute approximate surface area is 97.2 Å². The van der Waals surface area contributed by atoms with Gasteiger partial charge in [-0.15, -0.1) is 0 Å². The second-order valence-corrected chi connectivity index (χ2v) is 3.70. The quantitative estimate of drug-likeness (QED) is 0.733. The lowest BCUT2D eigenvalue weighted by Crippen LogP contribution is -2.11. The molecule has 88 valence electrons. The molecule has 0 aliphatic heterocycles. The molecule has 0 unspecified atom stereocenters. The van der Waals surface area contributed by atoms with Crippen LogP contribution < -0.4 is 0 Å². The fourth-order valence-electron chi connectivity index (χ4n) is 1.57. The van der Waals surface area contributed by atoms with Crippen LogP contribution >= 0.6 is 0 Å². The Balaban J connectivity index is 3.24. The van der Waals surface area contributed by atoms with Crippen LogP contribution in [0.2, 0.25) is 0 Å². The summed E-state index contributed by atoms with van der Waals surface area (Å²) in [4.78, 5) is 4.46. The van der Waals surface area contributed by atoms with Gasteiger partial charge in [-0.25, -0.2) is 0 Å². The van der Waals surface area contributed by atoms with Crippen LogP contribution in [0.25, 0.3) is 0 Å². The summed E-state index contributed by atoms with van der Waals surface area (Å²) in [5.41, 5.74) is 3.29. The number of rotatable bonds is 3. The second kappa shape index (κ2) is 5.54. The van der Waals surface area contributed by atoms with Crippen molar-refractivity contribution in [2.75, 3.05) is 20.8 Å². The van der Waals surface area contributed by atoms with Crippen molar-refractivity contribution in [1.82, 2.24) is 0 Å². The topological polar surface area (TPSA) is 30.8 Å². The standard InChI is InChI=1S/C13H19NO2/c1-6-14-11-8-13(16-5)12(15-4)7-10(11)9(2)3/h7-8H,6H2,1-5H3. The van der Waals surface area contributed by atoms with Gasteiger partial charge in [-0.05, 0) is 26.8 Å². The summed E-state index contributed by atoms with van der Waals surface area (Å²) in [7, 11) is 3.28. The number of nitrogens with zero attached hydrogens (tertiary/aromatic N) is 1. The van der Waals surface area contributed by atoms with E-state index in [1.807, 2.05) is 19.1 Å². The molecule has 0 spiro atoms. The van der Waals surface area contributed by atoms with Crippen LogP contribution in [0, 0.1) is 0 Å². The molecule has 16 heavy (non-hydrogen) atoms. The van der Waals surface area contributed by atoms with Crippen LogP contribution in [0.3, 0.4) is 0 Å². The second-order valence-electron chi connectivity index (χ2n) is 3.70. The van der Waals surface area contributed by atoms with Crippen LogP contribution in [0.1, 0.15) is 20.8 Å². The van der Waals surface area contributed by atoms with E-state index >= 15 is 0 Å². The van der Waals surface area contributed by atoms with Crippen LogP contribution in [0.15, 0.2) is 39.8 Å². The van der Waals surface area contributed by atoms with E-state index in [2.05, 4.69) is 18.8 Å². The third kappa shape index (κ3) is 2.54. The molecule has 0 heterocycles. The van der Waals surface area contributed by atoms with E-state index in [1.54, 1.807) is 14.2 Å². The number of allylic oxidation sites excluding steroid dienone is 4. The summed E-state index contributed by atoms with van der Waals surface area (Å²) < 4.78 is 10.5. The molecular weight excluding hydrogens is 202 g/mol. The molecule has 0 aromatic carbocycles. The van der Waals surface area contributed by atoms with Gasteiger partial charge in [0, 0.05) is 18.2 Å². The van der Waals surface area contributed by atoms with Gasteiger partial charge in [0.1, 0.15) is 0 Å². The molecule has 0 aromatic heterocycles. The molecular formula is C13H19NO2. The Morgan fingerprint density at radius 1 is 1.12 bits per heavy atom. The molecule has 1 aliphatic rings. The van der Waals surface area contributed by atoms with E-state index < -0.39 is 0 Å². The summed E-state index contributed by atoms with van der Waals surface area (Å²) >= 11 is 0. The van der Waals surface area contributed by atoms with Crippen molar-refractivity contribution in [2.45, 2.75) is 20.8 Å². The van der Waals surface area contributed by atoms with Gasteiger partial charge < -0.3 is 9.47 Å². The first-order valence-electron chi connectivity index (χ1n) is 5.38. The highest BCUT2D eigenvalue weighted by Crippen LogP contribution is 2.24. The lowest BCUT2D eigenvalue weighted by molar-refractivity contribution is 0.220. The molecule has 0 amide bonds. The predicted octanol–water partition coefficient (Wildman–Crippen LogP) is 2.86. The van der Waals surface area contributed by atoms with Crippen molar-refractivity contribution < 1.29 is 9.47 Å². The van der Waals surface area contributed by atoms with E-state index in [0.29, 0.717) is 0 Å². The molecule has 0 saturated heterocycles. The molecule has 1 aliphatic carbocycles. The first-order valence-corrected chi connectivity index (χ1v) is 5.38. The lowest BCUT2D eigenvalue weighted by atomic mass is 9.99. The number of aliphatic imine (C=N–C) groups is 1. The molecule has 0 N–H and O–H groups in total. The predicted molar refractivity (Wildman–Crippen MR) is 66.5 cm³/mol. The van der Waals surface area contributed by atoms with Gasteiger partial charge in [-0.2, -0.15) is 0 Å². The molecule has 0 fully saturated rings. The first kappa shape index (κ1) is 12.6. The lowest BCUT2D eigenvalue weighted by Gasteiger charge is -2.18. The highest BCUT2D eigenvalue weighted by atomic mass is 16.5. The Hall–Kier alpha value is -1.51. The van der Waals surface area contributed by atoms with E-state index in [1.165, 1.54) is 5.57 Å². The Morgan fingerprint density at radius 3 is 2.12 bits per heavy atom. The van der Waals surface area contributed by atoms with Crippen LogP contribution in [0.4, 0.5) is 0 Å². The van der Waals surface area contributed by atoms with Crippen LogP contribution in [-0.4, -0.2) is 26.5 Å². The number of ether oxygens (including phenoxy) is 2. The van der Waals surface area contributed by atoms with E-state index in [9.17, 15) is 0 Å². The van der Waals surface area contributed by atoms with E-state index in [-0.39, 0.29) is 0 Å². The molecule has 0 radical (unpaired) electrons. The summed E-state index contributed by atoms with van der Waals surface area (Å²) in [5.74, 6) is 1.47. The first-order chi connectivity index (χ1) is 7.63. The third-order valence-corrected chi connectivity index (χ3v) is 2.37. The minimum Gasteiger partial charge on any atom is -0.493 e. The average Bonchev–Trinajstić information content (AvgIpc) is 2.28. The number of methoxy groups -OCH3 is 2. The fraction of sp³-hybridized carbons (Fsp3) is 0.462. The van der Waals surface area contributed by atoms with Crippen LogP contribution in [-0.2, 0) is 9.47 Å². The Morgan fingerprint density at radius 2 is 1.69 bits per heavy atom. The van der Waals surface area contributed by atoms with Crippen molar-refractivity contribution >= 4 is 5.71 Å². The van der Waals surface area contributed by atoms with Gasteiger partial charge in [0.25, 0.3) is 0 Å². The van der Waals surface area contributed by atoms with Crippen molar-refractivity contribution in [1.29, 1.82) is 0 Å². The zero-order valence-electron chi connectivity index (χ0n) is 10.6. The summed E-state index contributed by atoms with van der Waals surface area (Å²) in [5, 5.41) is 0. The third-order valence-electron chi connectivity index (χ3n) is 2.37. The van der Waals surface area contributed by atoms with Gasteiger partial charge in [0.05, 0.1) is 19.9 Å². The molecule has 3 heteroatoms. The smallest absolute Gasteiger partial charge is 0.162 e. The number of hydrogen-bond acceptors (Lipinski definition) is 3. The van der Waals surface area contributed by atoms with Crippen molar-refractivity contribution in [3.63, 3.8) is 0 Å².